The van der Waals surface area contributed by atoms with Crippen molar-refractivity contribution in [2.45, 2.75) is 46.1 Å². The highest BCUT2D eigenvalue weighted by Crippen LogP contribution is 2.34. The van der Waals surface area contributed by atoms with Crippen molar-refractivity contribution < 1.29 is 20.1 Å². The van der Waals surface area contributed by atoms with E-state index in [1.165, 1.54) is 0 Å². The summed E-state index contributed by atoms with van der Waals surface area (Å²) in [5, 5.41) is 36.1. The first-order valence-corrected chi connectivity index (χ1v) is 19.5. The average molecular weight is 755 g/mol. The fraction of sp³-hybridized carbons (Fsp3) is 0.341. The second kappa shape index (κ2) is 17.3. The maximum atomic E-state index is 12.6. The molecule has 1 amide bonds. The fourth-order valence-electron chi connectivity index (χ4n) is 7.24. The second-order valence-corrected chi connectivity index (χ2v) is 14.5. The van der Waals surface area contributed by atoms with Crippen LogP contribution in [0.25, 0.3) is 44.6 Å². The number of aryl methyl sites for hydroxylation is 2. The van der Waals surface area contributed by atoms with Crippen LogP contribution < -0.4 is 15.1 Å². The van der Waals surface area contributed by atoms with Crippen LogP contribution in [-0.4, -0.2) is 105 Å². The van der Waals surface area contributed by atoms with Gasteiger partial charge in [-0.15, -0.1) is 0 Å². The number of anilines is 2. The van der Waals surface area contributed by atoms with E-state index >= 15 is 0 Å². The lowest BCUT2D eigenvalue weighted by molar-refractivity contribution is -0.140. The number of aliphatic hydroxyl groups excluding tert-OH is 1. The molecular formula is C44H50N8O4. The van der Waals surface area contributed by atoms with E-state index in [-0.39, 0.29) is 17.4 Å². The van der Waals surface area contributed by atoms with Gasteiger partial charge < -0.3 is 35.3 Å². The Bertz CT molecular complexity index is 2320. The van der Waals surface area contributed by atoms with Crippen LogP contribution in [-0.2, 0) is 4.79 Å². The Balaban J connectivity index is 0.000000178. The monoisotopic (exact) mass is 754 g/mol. The maximum Gasteiger partial charge on any atom is 0.251 e. The van der Waals surface area contributed by atoms with Crippen LogP contribution in [0.2, 0.25) is 0 Å². The van der Waals surface area contributed by atoms with Crippen LogP contribution in [0.4, 0.5) is 11.6 Å². The lowest BCUT2D eigenvalue weighted by atomic mass is 10.1. The number of para-hydroxylation sites is 2. The smallest absolute Gasteiger partial charge is 0.251 e. The molecule has 0 aliphatic carbocycles. The van der Waals surface area contributed by atoms with Gasteiger partial charge in [0.2, 0.25) is 0 Å². The minimum atomic E-state index is -0.919. The fourth-order valence-corrected chi connectivity index (χ4v) is 7.24. The number of benzene rings is 4. The zero-order valence-corrected chi connectivity index (χ0v) is 32.3. The van der Waals surface area contributed by atoms with Crippen molar-refractivity contribution in [3.63, 3.8) is 0 Å². The second-order valence-electron chi connectivity index (χ2n) is 14.5. The number of phenols is 2. The SMILES string of the molecule is CCCCC(O)C(=O)N1CCN(c2nc(-c3ccccc3O)nc3cc(C)ccc23)CC1.Cc1ccc2c(N3CCNCC3)nc(-c3ccccc3O)nc2c1. The summed E-state index contributed by atoms with van der Waals surface area (Å²) in [5.41, 5.74) is 5.25. The first-order valence-electron chi connectivity index (χ1n) is 19.5. The third kappa shape index (κ3) is 8.51. The molecule has 1 atom stereocenters. The number of nitrogens with zero attached hydrogens (tertiary/aromatic N) is 7. The zero-order chi connectivity index (χ0) is 39.2. The summed E-state index contributed by atoms with van der Waals surface area (Å²) in [7, 11) is 0. The maximum absolute atomic E-state index is 12.6. The van der Waals surface area contributed by atoms with E-state index in [1.54, 1.807) is 29.2 Å². The van der Waals surface area contributed by atoms with Crippen molar-refractivity contribution in [2.24, 2.45) is 0 Å². The Hall–Kier alpha value is -5.85. The molecule has 2 aromatic heterocycles. The third-order valence-corrected chi connectivity index (χ3v) is 10.4. The average Bonchev–Trinajstić information content (AvgIpc) is 3.22. The Morgan fingerprint density at radius 2 is 1.16 bits per heavy atom. The molecule has 0 bridgehead atoms. The normalized spacial score (nSPS) is 15.1. The van der Waals surface area contributed by atoms with E-state index in [0.29, 0.717) is 55.4 Å². The summed E-state index contributed by atoms with van der Waals surface area (Å²) in [6.07, 6.45) is 1.39. The van der Waals surface area contributed by atoms with Gasteiger partial charge in [0.05, 0.1) is 22.2 Å². The summed E-state index contributed by atoms with van der Waals surface area (Å²) in [5.74, 6) is 2.95. The molecule has 2 saturated heterocycles. The molecule has 12 heteroatoms. The minimum Gasteiger partial charge on any atom is -0.507 e. The molecule has 290 valence electrons. The first kappa shape index (κ1) is 38.4. The number of piperazine rings is 2. The molecule has 0 radical (unpaired) electrons. The van der Waals surface area contributed by atoms with Crippen molar-refractivity contribution in [3.8, 4) is 34.3 Å². The number of rotatable bonds is 8. The van der Waals surface area contributed by atoms with Crippen molar-refractivity contribution in [2.75, 3.05) is 62.2 Å². The van der Waals surface area contributed by atoms with E-state index in [4.69, 9.17) is 19.9 Å². The van der Waals surface area contributed by atoms with E-state index in [1.807, 2.05) is 56.3 Å². The van der Waals surface area contributed by atoms with Crippen LogP contribution in [0.5, 0.6) is 11.5 Å². The van der Waals surface area contributed by atoms with Crippen LogP contribution in [0.1, 0.15) is 37.3 Å². The zero-order valence-electron chi connectivity index (χ0n) is 32.3. The molecule has 56 heavy (non-hydrogen) atoms. The number of amides is 1. The molecule has 4 aromatic carbocycles. The molecular weight excluding hydrogens is 705 g/mol. The van der Waals surface area contributed by atoms with Gasteiger partial charge in [0, 0.05) is 63.1 Å². The van der Waals surface area contributed by atoms with Gasteiger partial charge in [-0.2, -0.15) is 0 Å². The largest absolute Gasteiger partial charge is 0.507 e. The number of nitrogens with one attached hydrogen (secondary N) is 1. The summed E-state index contributed by atoms with van der Waals surface area (Å²) in [4.78, 5) is 37.8. The third-order valence-electron chi connectivity index (χ3n) is 10.4. The van der Waals surface area contributed by atoms with Gasteiger partial charge in [-0.25, -0.2) is 19.9 Å². The summed E-state index contributed by atoms with van der Waals surface area (Å²) in [6, 6.07) is 26.6. The Morgan fingerprint density at radius 3 is 1.64 bits per heavy atom. The van der Waals surface area contributed by atoms with Crippen LogP contribution in [0, 0.1) is 13.8 Å². The number of phenolic OH excluding ortho intramolecular Hbond substituents is 2. The molecule has 4 heterocycles. The van der Waals surface area contributed by atoms with Crippen molar-refractivity contribution in [1.82, 2.24) is 30.2 Å². The lowest BCUT2D eigenvalue weighted by Gasteiger charge is -2.36. The summed E-state index contributed by atoms with van der Waals surface area (Å²) < 4.78 is 0. The number of aliphatic hydroxyl groups is 1. The number of carbonyl (C=O) groups excluding carboxylic acids is 1. The van der Waals surface area contributed by atoms with Gasteiger partial charge in [0.1, 0.15) is 29.2 Å². The van der Waals surface area contributed by atoms with E-state index < -0.39 is 6.10 Å². The number of fused-ring (bicyclic) bond motifs is 2. The first-order chi connectivity index (χ1) is 27.2. The molecule has 4 N–H and O–H groups in total. The van der Waals surface area contributed by atoms with Crippen molar-refractivity contribution >= 4 is 39.3 Å². The standard InChI is InChI=1S/C25H30N4O3.C19H20N4O/c1-3-4-8-22(31)25(32)29-14-12-28(13-15-29)24-18-11-10-17(2)16-20(18)26-23(27-24)19-7-5-6-9-21(19)30;1-13-6-7-14-16(12-13)21-18(15-4-2-3-5-17(15)24)22-19(14)23-10-8-20-9-11-23/h5-7,9-11,16,22,30-31H,3-4,8,12-15H2,1-2H3;2-7,12,20,24H,8-11H2,1H3. The van der Waals surface area contributed by atoms with Gasteiger partial charge in [-0.3, -0.25) is 4.79 Å². The number of hydrogen-bond donors (Lipinski definition) is 4. The highest BCUT2D eigenvalue weighted by molar-refractivity contribution is 5.93. The highest BCUT2D eigenvalue weighted by Gasteiger charge is 2.28. The quantitative estimate of drug-likeness (QED) is 0.140. The van der Waals surface area contributed by atoms with Crippen LogP contribution in [0.15, 0.2) is 84.9 Å². The van der Waals surface area contributed by atoms with Crippen molar-refractivity contribution in [3.05, 3.63) is 96.1 Å². The minimum absolute atomic E-state index is 0.141. The molecule has 0 saturated carbocycles. The molecule has 1 unspecified atom stereocenters. The predicted octanol–water partition coefficient (Wildman–Crippen LogP) is 6.23. The lowest BCUT2D eigenvalue weighted by Crippen LogP contribution is -2.51. The molecule has 12 nitrogen and oxygen atoms in total. The number of unbranched alkanes of at least 4 members (excludes halogenated alkanes) is 1. The molecule has 8 rings (SSSR count). The Morgan fingerprint density at radius 1 is 0.679 bits per heavy atom. The predicted molar refractivity (Wildman–Crippen MR) is 222 cm³/mol. The molecule has 2 aliphatic rings. The van der Waals surface area contributed by atoms with E-state index in [2.05, 4.69) is 40.2 Å². The van der Waals surface area contributed by atoms with Gasteiger partial charge in [-0.05, 0) is 79.9 Å². The summed E-state index contributed by atoms with van der Waals surface area (Å²) >= 11 is 0. The topological polar surface area (TPSA) is 151 Å². The molecule has 2 aliphatic heterocycles. The summed E-state index contributed by atoms with van der Waals surface area (Å²) in [6.45, 7) is 12.2. The number of carbonyl (C=O) groups is 1. The van der Waals surface area contributed by atoms with Gasteiger partial charge >= 0.3 is 0 Å². The van der Waals surface area contributed by atoms with Crippen molar-refractivity contribution in [1.29, 1.82) is 0 Å². The van der Waals surface area contributed by atoms with Gasteiger partial charge in [0.15, 0.2) is 11.6 Å². The van der Waals surface area contributed by atoms with E-state index in [9.17, 15) is 20.1 Å². The van der Waals surface area contributed by atoms with Gasteiger partial charge in [-0.1, -0.05) is 56.2 Å². The number of aromatic nitrogens is 4. The van der Waals surface area contributed by atoms with Gasteiger partial charge in [0.25, 0.3) is 5.91 Å². The Kier molecular flexibility index (Phi) is 11.9. The van der Waals surface area contributed by atoms with Crippen LogP contribution >= 0.6 is 0 Å². The molecule has 6 aromatic rings. The number of aromatic hydroxyl groups is 2. The molecule has 0 spiro atoms. The Labute approximate surface area is 327 Å². The van der Waals surface area contributed by atoms with Crippen LogP contribution in [0.3, 0.4) is 0 Å². The molecule has 2 fully saturated rings. The highest BCUT2D eigenvalue weighted by atomic mass is 16.3. The van der Waals surface area contributed by atoms with E-state index in [0.717, 1.165) is 83.6 Å². The number of hydrogen-bond acceptors (Lipinski definition) is 11.